The van der Waals surface area contributed by atoms with E-state index in [0.29, 0.717) is 17.3 Å². The molecule has 0 bridgehead atoms. The quantitative estimate of drug-likeness (QED) is 0.389. The number of carbonyl (C=O) groups excluding carboxylic acids is 1. The van der Waals surface area contributed by atoms with Crippen LogP contribution in [0, 0.1) is 0 Å². The highest BCUT2D eigenvalue weighted by Gasteiger charge is 2.17. The van der Waals surface area contributed by atoms with Gasteiger partial charge in [-0.1, -0.05) is 42.5 Å². The van der Waals surface area contributed by atoms with Crippen molar-refractivity contribution >= 4 is 33.4 Å². The van der Waals surface area contributed by atoms with Gasteiger partial charge >= 0.3 is 0 Å². The van der Waals surface area contributed by atoms with Gasteiger partial charge in [-0.15, -0.1) is 0 Å². The van der Waals surface area contributed by atoms with E-state index in [0.717, 1.165) is 37.0 Å². The molecule has 1 aliphatic heterocycles. The lowest BCUT2D eigenvalue weighted by atomic mass is 10.1. The number of hydrogen-bond acceptors (Lipinski definition) is 3. The van der Waals surface area contributed by atoms with Gasteiger partial charge in [-0.25, -0.2) is 0 Å². The maximum absolute atomic E-state index is 12.8. The first-order valence-corrected chi connectivity index (χ1v) is 10.8. The maximum Gasteiger partial charge on any atom is 0.239 e. The number of anilines is 1. The molecule has 5 rings (SSSR count). The minimum absolute atomic E-state index is 0.00810. The minimum Gasteiger partial charge on any atom is -0.371 e. The van der Waals surface area contributed by atoms with Crippen LogP contribution < -0.4 is 15.6 Å². The Morgan fingerprint density at radius 3 is 2.26 bits per heavy atom. The van der Waals surface area contributed by atoms with E-state index in [9.17, 15) is 9.59 Å². The van der Waals surface area contributed by atoms with Crippen molar-refractivity contribution in [2.45, 2.75) is 19.4 Å². The molecule has 1 N–H and O–H groups in total. The third-order valence-corrected chi connectivity index (χ3v) is 6.09. The molecule has 0 radical (unpaired) electrons. The number of rotatable bonds is 6. The largest absolute Gasteiger partial charge is 0.371 e. The van der Waals surface area contributed by atoms with Crippen LogP contribution in [0.4, 0.5) is 5.69 Å². The number of fused-ring (bicyclic) bond motifs is 3. The van der Waals surface area contributed by atoms with Gasteiger partial charge in [0.15, 0.2) is 5.43 Å². The molecule has 1 amide bonds. The average Bonchev–Trinajstić information content (AvgIpc) is 3.23. The number of aromatic nitrogens is 1. The summed E-state index contributed by atoms with van der Waals surface area (Å²) in [7, 11) is 0. The molecular weight excluding hydrogens is 386 g/mol. The number of nitrogens with zero attached hydrogens (tertiary/aromatic N) is 2. The van der Waals surface area contributed by atoms with Gasteiger partial charge in [-0.2, -0.15) is 0 Å². The van der Waals surface area contributed by atoms with E-state index in [1.807, 2.05) is 53.1 Å². The predicted molar refractivity (Wildman–Crippen MR) is 126 cm³/mol. The number of amides is 1. The lowest BCUT2D eigenvalue weighted by molar-refractivity contribution is -0.121. The minimum atomic E-state index is -0.0409. The summed E-state index contributed by atoms with van der Waals surface area (Å²) in [6, 6.07) is 23.5. The highest BCUT2D eigenvalue weighted by atomic mass is 16.2. The summed E-state index contributed by atoms with van der Waals surface area (Å²) in [6.07, 6.45) is 1.99. The van der Waals surface area contributed by atoms with Crippen LogP contribution in [0.1, 0.15) is 12.0 Å². The molecule has 0 fully saturated rings. The highest BCUT2D eigenvalue weighted by Crippen LogP contribution is 2.27. The van der Waals surface area contributed by atoms with Crippen molar-refractivity contribution in [3.05, 3.63) is 88.6 Å². The molecule has 0 spiro atoms. The summed E-state index contributed by atoms with van der Waals surface area (Å²) >= 11 is 0. The van der Waals surface area contributed by atoms with E-state index in [4.69, 9.17) is 0 Å². The Hall–Kier alpha value is -3.60. The van der Waals surface area contributed by atoms with Crippen LogP contribution in [0.5, 0.6) is 0 Å². The first kappa shape index (κ1) is 19.4. The van der Waals surface area contributed by atoms with Crippen molar-refractivity contribution < 1.29 is 4.79 Å². The van der Waals surface area contributed by atoms with E-state index in [1.165, 1.54) is 11.3 Å². The predicted octanol–water partition coefficient (Wildman–Crippen LogP) is 3.72. The van der Waals surface area contributed by atoms with Crippen molar-refractivity contribution in [1.29, 1.82) is 0 Å². The fourth-order valence-corrected chi connectivity index (χ4v) is 4.58. The summed E-state index contributed by atoms with van der Waals surface area (Å²) in [5, 5.41) is 4.34. The third-order valence-electron chi connectivity index (χ3n) is 6.09. The Labute approximate surface area is 180 Å². The number of nitrogens with one attached hydrogen (secondary N) is 1. The van der Waals surface area contributed by atoms with E-state index in [1.54, 1.807) is 0 Å². The molecule has 5 nitrogen and oxygen atoms in total. The number of para-hydroxylation sites is 3. The molecule has 0 saturated carbocycles. The number of pyridine rings is 1. The van der Waals surface area contributed by atoms with E-state index < -0.39 is 0 Å². The molecule has 0 saturated heterocycles. The Morgan fingerprint density at radius 2 is 1.52 bits per heavy atom. The zero-order valence-corrected chi connectivity index (χ0v) is 17.4. The molecule has 0 atom stereocenters. The smallest absolute Gasteiger partial charge is 0.239 e. The summed E-state index contributed by atoms with van der Waals surface area (Å²) in [5.41, 5.74) is 4.31. The van der Waals surface area contributed by atoms with Crippen LogP contribution in [0.2, 0.25) is 0 Å². The second-order valence-corrected chi connectivity index (χ2v) is 8.02. The van der Waals surface area contributed by atoms with E-state index in [2.05, 4.69) is 34.5 Å². The third kappa shape index (κ3) is 3.67. The van der Waals surface area contributed by atoms with Crippen molar-refractivity contribution in [3.8, 4) is 0 Å². The molecule has 5 heteroatoms. The van der Waals surface area contributed by atoms with Crippen molar-refractivity contribution in [1.82, 2.24) is 9.88 Å². The van der Waals surface area contributed by atoms with Gasteiger partial charge in [-0.3, -0.25) is 9.59 Å². The highest BCUT2D eigenvalue weighted by molar-refractivity contribution is 5.94. The summed E-state index contributed by atoms with van der Waals surface area (Å²) in [5.74, 6) is -0.0409. The van der Waals surface area contributed by atoms with Crippen LogP contribution in [-0.2, 0) is 17.8 Å². The molecule has 0 aliphatic carbocycles. The van der Waals surface area contributed by atoms with Gasteiger partial charge in [0.2, 0.25) is 5.91 Å². The van der Waals surface area contributed by atoms with Crippen molar-refractivity contribution in [3.63, 3.8) is 0 Å². The topological polar surface area (TPSA) is 54.3 Å². The van der Waals surface area contributed by atoms with Gasteiger partial charge in [0.05, 0.1) is 11.0 Å². The van der Waals surface area contributed by atoms with E-state index in [-0.39, 0.29) is 17.9 Å². The fraction of sp³-hybridized carbons (Fsp3) is 0.231. The number of benzene rings is 3. The van der Waals surface area contributed by atoms with Crippen molar-refractivity contribution in [2.75, 3.05) is 24.5 Å². The Kier molecular flexibility index (Phi) is 5.16. The van der Waals surface area contributed by atoms with Crippen LogP contribution in [0.15, 0.2) is 77.6 Å². The SMILES string of the molecule is O=C(Cn1c2ccccc2c(=O)c2ccccc21)NCCCN1CCc2ccccc21. The molecule has 31 heavy (non-hydrogen) atoms. The van der Waals surface area contributed by atoms with Crippen LogP contribution in [0.3, 0.4) is 0 Å². The van der Waals surface area contributed by atoms with Crippen molar-refractivity contribution in [2.24, 2.45) is 0 Å². The zero-order valence-electron chi connectivity index (χ0n) is 17.4. The summed E-state index contributed by atoms with van der Waals surface area (Å²) < 4.78 is 1.94. The Balaban J connectivity index is 1.28. The second kappa shape index (κ2) is 8.26. The normalized spacial score (nSPS) is 13.0. The summed E-state index contributed by atoms with van der Waals surface area (Å²) in [4.78, 5) is 28.0. The molecule has 156 valence electrons. The van der Waals surface area contributed by atoms with Gasteiger partial charge in [0, 0.05) is 36.1 Å². The monoisotopic (exact) mass is 411 g/mol. The standard InChI is InChI=1S/C26H25N3O2/c30-25(27-15-7-16-28-17-14-19-8-1-4-11-22(19)28)18-29-23-12-5-2-9-20(23)26(31)21-10-3-6-13-24(21)29/h1-6,8-13H,7,14-18H2,(H,27,30). The van der Waals surface area contributed by atoms with Gasteiger partial charge in [0.1, 0.15) is 6.54 Å². The lowest BCUT2D eigenvalue weighted by Crippen LogP contribution is -2.31. The second-order valence-electron chi connectivity index (χ2n) is 8.02. The van der Waals surface area contributed by atoms with Crippen LogP contribution >= 0.6 is 0 Å². The Morgan fingerprint density at radius 1 is 0.871 bits per heavy atom. The number of carbonyl (C=O) groups is 1. The number of hydrogen-bond donors (Lipinski definition) is 1. The zero-order chi connectivity index (χ0) is 21.2. The Bertz CT molecular complexity index is 1270. The fourth-order valence-electron chi connectivity index (χ4n) is 4.58. The molecule has 1 aromatic heterocycles. The van der Waals surface area contributed by atoms with Crippen LogP contribution in [0.25, 0.3) is 21.8 Å². The summed E-state index contributed by atoms with van der Waals surface area (Å²) in [6.45, 7) is 2.80. The first-order valence-electron chi connectivity index (χ1n) is 10.8. The lowest BCUT2D eigenvalue weighted by Gasteiger charge is -2.19. The molecule has 3 aromatic carbocycles. The first-order chi connectivity index (χ1) is 15.2. The molecule has 0 unspecified atom stereocenters. The average molecular weight is 412 g/mol. The van der Waals surface area contributed by atoms with E-state index >= 15 is 0 Å². The molecule has 2 heterocycles. The van der Waals surface area contributed by atoms with Gasteiger partial charge < -0.3 is 14.8 Å². The van der Waals surface area contributed by atoms with Crippen LogP contribution in [-0.4, -0.2) is 30.1 Å². The molecule has 4 aromatic rings. The van der Waals surface area contributed by atoms with Gasteiger partial charge in [-0.05, 0) is 48.7 Å². The molecule has 1 aliphatic rings. The van der Waals surface area contributed by atoms with Gasteiger partial charge in [0.25, 0.3) is 0 Å². The maximum atomic E-state index is 12.8. The molecular formula is C26H25N3O2.